The van der Waals surface area contributed by atoms with Crippen LogP contribution in [0.1, 0.15) is 17.7 Å². The molecule has 8 heteroatoms. The first-order chi connectivity index (χ1) is 6.73. The SMILES string of the molecule is FC(F)c1cc(Br)c(C(F)(F)F)c(I)n1. The van der Waals surface area contributed by atoms with Crippen molar-refractivity contribution in [2.24, 2.45) is 0 Å². The molecule has 0 saturated heterocycles. The largest absolute Gasteiger partial charge is 0.420 e. The highest BCUT2D eigenvalue weighted by molar-refractivity contribution is 14.1. The topological polar surface area (TPSA) is 12.9 Å². The molecule has 0 spiro atoms. The number of pyridine rings is 1. The molecule has 1 aromatic rings. The summed E-state index contributed by atoms with van der Waals surface area (Å²) in [6.07, 6.45) is -7.50. The van der Waals surface area contributed by atoms with Crippen LogP contribution in [0.2, 0.25) is 0 Å². The lowest BCUT2D eigenvalue weighted by Crippen LogP contribution is -2.11. The minimum absolute atomic E-state index is 0.426. The fraction of sp³-hybridized carbons (Fsp3) is 0.286. The molecule has 0 unspecified atom stereocenters. The van der Waals surface area contributed by atoms with E-state index in [4.69, 9.17) is 0 Å². The van der Waals surface area contributed by atoms with E-state index in [1.54, 1.807) is 0 Å². The molecule has 1 aromatic heterocycles. The van der Waals surface area contributed by atoms with E-state index in [-0.39, 0.29) is 0 Å². The van der Waals surface area contributed by atoms with Gasteiger partial charge in [-0.05, 0) is 28.7 Å². The molecule has 1 heterocycles. The van der Waals surface area contributed by atoms with Crippen molar-refractivity contribution in [2.75, 3.05) is 0 Å². The van der Waals surface area contributed by atoms with E-state index in [0.29, 0.717) is 6.07 Å². The summed E-state index contributed by atoms with van der Waals surface area (Å²) in [6, 6.07) is 0.676. The number of rotatable bonds is 1. The van der Waals surface area contributed by atoms with Crippen molar-refractivity contribution in [3.8, 4) is 0 Å². The molecule has 0 fully saturated rings. The van der Waals surface area contributed by atoms with Gasteiger partial charge < -0.3 is 0 Å². The normalized spacial score (nSPS) is 12.3. The van der Waals surface area contributed by atoms with E-state index in [1.165, 1.54) is 22.6 Å². The molecule has 0 aliphatic carbocycles. The van der Waals surface area contributed by atoms with Crippen LogP contribution in [0.25, 0.3) is 0 Å². The predicted octanol–water partition coefficient (Wildman–Crippen LogP) is 4.41. The molecule has 84 valence electrons. The standard InChI is InChI=1S/C7H2BrF5IN/c8-2-1-3(5(9)10)15-6(14)4(2)7(11,12)13/h1,5H. The Hall–Kier alpha value is 0.01000. The molecule has 0 bridgehead atoms. The molecular weight excluding hydrogens is 400 g/mol. The van der Waals surface area contributed by atoms with Crippen molar-refractivity contribution in [3.63, 3.8) is 0 Å². The summed E-state index contributed by atoms with van der Waals surface area (Å²) in [5.74, 6) is 0. The Labute approximate surface area is 103 Å². The van der Waals surface area contributed by atoms with Gasteiger partial charge in [-0.2, -0.15) is 13.2 Å². The van der Waals surface area contributed by atoms with Crippen LogP contribution in [0.15, 0.2) is 10.5 Å². The fourth-order valence-electron chi connectivity index (χ4n) is 0.866. The van der Waals surface area contributed by atoms with Gasteiger partial charge in [0.25, 0.3) is 6.43 Å². The fourth-order valence-corrected chi connectivity index (χ4v) is 2.76. The third kappa shape index (κ3) is 2.99. The van der Waals surface area contributed by atoms with Gasteiger partial charge in [0.2, 0.25) is 0 Å². The van der Waals surface area contributed by atoms with Crippen molar-refractivity contribution in [3.05, 3.63) is 25.5 Å². The van der Waals surface area contributed by atoms with E-state index in [9.17, 15) is 22.0 Å². The van der Waals surface area contributed by atoms with Crippen LogP contribution in [-0.2, 0) is 6.18 Å². The van der Waals surface area contributed by atoms with Gasteiger partial charge >= 0.3 is 6.18 Å². The van der Waals surface area contributed by atoms with Gasteiger partial charge in [0.15, 0.2) is 0 Å². The molecule has 15 heavy (non-hydrogen) atoms. The van der Waals surface area contributed by atoms with Gasteiger partial charge in [-0.15, -0.1) is 0 Å². The van der Waals surface area contributed by atoms with Crippen LogP contribution in [-0.4, -0.2) is 4.98 Å². The van der Waals surface area contributed by atoms with Crippen molar-refractivity contribution in [1.29, 1.82) is 0 Å². The summed E-state index contributed by atoms with van der Waals surface area (Å²) in [4.78, 5) is 3.19. The average Bonchev–Trinajstić information content (AvgIpc) is 1.99. The zero-order chi connectivity index (χ0) is 11.8. The summed E-state index contributed by atoms with van der Waals surface area (Å²) in [6.45, 7) is 0. The van der Waals surface area contributed by atoms with Crippen molar-refractivity contribution < 1.29 is 22.0 Å². The molecule has 0 amide bonds. The van der Waals surface area contributed by atoms with Crippen LogP contribution in [0.5, 0.6) is 0 Å². The Morgan fingerprint density at radius 2 is 1.87 bits per heavy atom. The second-order valence-electron chi connectivity index (χ2n) is 2.49. The lowest BCUT2D eigenvalue weighted by atomic mass is 10.2. The number of hydrogen-bond donors (Lipinski definition) is 0. The second kappa shape index (κ2) is 4.48. The first-order valence-corrected chi connectivity index (χ1v) is 5.32. The van der Waals surface area contributed by atoms with Gasteiger partial charge in [-0.25, -0.2) is 13.8 Å². The van der Waals surface area contributed by atoms with Crippen LogP contribution in [0, 0.1) is 3.70 Å². The number of aromatic nitrogens is 1. The third-order valence-electron chi connectivity index (χ3n) is 1.45. The predicted molar refractivity (Wildman–Crippen MR) is 54.6 cm³/mol. The Morgan fingerprint density at radius 3 is 2.20 bits per heavy atom. The van der Waals surface area contributed by atoms with Crippen molar-refractivity contribution >= 4 is 38.5 Å². The first-order valence-electron chi connectivity index (χ1n) is 3.44. The molecule has 0 aliphatic heterocycles. The number of alkyl halides is 5. The Morgan fingerprint density at radius 1 is 1.33 bits per heavy atom. The molecule has 1 rings (SSSR count). The summed E-state index contributed by atoms with van der Waals surface area (Å²) in [5, 5.41) is 0. The van der Waals surface area contributed by atoms with Crippen LogP contribution < -0.4 is 0 Å². The van der Waals surface area contributed by atoms with Crippen LogP contribution in [0.4, 0.5) is 22.0 Å². The van der Waals surface area contributed by atoms with E-state index in [2.05, 4.69) is 20.9 Å². The molecular formula is C7H2BrF5IN. The molecule has 0 aromatic carbocycles. The first kappa shape index (κ1) is 13.1. The molecule has 0 aliphatic rings. The van der Waals surface area contributed by atoms with E-state index >= 15 is 0 Å². The van der Waals surface area contributed by atoms with Crippen molar-refractivity contribution in [2.45, 2.75) is 12.6 Å². The van der Waals surface area contributed by atoms with Crippen LogP contribution >= 0.6 is 38.5 Å². The summed E-state index contributed by atoms with van der Waals surface area (Å²) in [7, 11) is 0. The minimum Gasteiger partial charge on any atom is -0.240 e. The summed E-state index contributed by atoms with van der Waals surface area (Å²) >= 11 is 3.88. The molecule has 1 nitrogen and oxygen atoms in total. The number of hydrogen-bond acceptors (Lipinski definition) is 1. The maximum absolute atomic E-state index is 12.4. The maximum atomic E-state index is 12.4. The summed E-state index contributed by atoms with van der Waals surface area (Å²) < 4.78 is 60.6. The van der Waals surface area contributed by atoms with Gasteiger partial charge in [0.05, 0.1) is 0 Å². The highest BCUT2D eigenvalue weighted by Crippen LogP contribution is 2.38. The second-order valence-corrected chi connectivity index (χ2v) is 4.37. The Bertz CT molecular complexity index is 355. The van der Waals surface area contributed by atoms with Gasteiger partial charge in [-0.1, -0.05) is 15.9 Å². The van der Waals surface area contributed by atoms with Crippen LogP contribution in [0.3, 0.4) is 0 Å². The lowest BCUT2D eigenvalue weighted by molar-refractivity contribution is -0.139. The quantitative estimate of drug-likeness (QED) is 0.386. The number of halogens is 7. The molecule has 0 N–H and O–H groups in total. The van der Waals surface area contributed by atoms with E-state index in [0.717, 1.165) is 0 Å². The molecule has 0 saturated carbocycles. The maximum Gasteiger partial charge on any atom is 0.420 e. The Balaban J connectivity index is 3.34. The summed E-state index contributed by atoms with van der Waals surface area (Å²) in [5.41, 5.74) is -1.72. The number of nitrogens with zero attached hydrogens (tertiary/aromatic N) is 1. The Kier molecular flexibility index (Phi) is 3.90. The van der Waals surface area contributed by atoms with Gasteiger partial charge in [0, 0.05) is 4.47 Å². The van der Waals surface area contributed by atoms with Gasteiger partial charge in [0.1, 0.15) is 15.0 Å². The van der Waals surface area contributed by atoms with E-state index < -0.39 is 32.0 Å². The third-order valence-corrected chi connectivity index (χ3v) is 2.86. The smallest absolute Gasteiger partial charge is 0.240 e. The molecule has 0 atom stereocenters. The monoisotopic (exact) mass is 401 g/mol. The minimum atomic E-state index is -4.61. The molecule has 0 radical (unpaired) electrons. The van der Waals surface area contributed by atoms with E-state index in [1.807, 2.05) is 0 Å². The lowest BCUT2D eigenvalue weighted by Gasteiger charge is -2.12. The highest BCUT2D eigenvalue weighted by atomic mass is 127. The highest BCUT2D eigenvalue weighted by Gasteiger charge is 2.36. The zero-order valence-corrected chi connectivity index (χ0v) is 10.5. The zero-order valence-electron chi connectivity index (χ0n) is 6.75. The van der Waals surface area contributed by atoms with Gasteiger partial charge in [-0.3, -0.25) is 0 Å². The van der Waals surface area contributed by atoms with Crippen molar-refractivity contribution in [1.82, 2.24) is 4.98 Å². The average molecular weight is 402 g/mol.